The minimum atomic E-state index is -0.148. The Morgan fingerprint density at radius 2 is 2.00 bits per heavy atom. The average molecular weight is 301 g/mol. The van der Waals surface area contributed by atoms with Gasteiger partial charge in [0.2, 0.25) is 5.91 Å². The summed E-state index contributed by atoms with van der Waals surface area (Å²) in [6.07, 6.45) is 1.86. The molecule has 0 fully saturated rings. The predicted molar refractivity (Wildman–Crippen MR) is 86.8 cm³/mol. The van der Waals surface area contributed by atoms with Gasteiger partial charge in [0.15, 0.2) is 0 Å². The van der Waals surface area contributed by atoms with Gasteiger partial charge in [-0.15, -0.1) is 0 Å². The predicted octanol–water partition coefficient (Wildman–Crippen LogP) is 3.65. The van der Waals surface area contributed by atoms with Crippen molar-refractivity contribution in [2.24, 2.45) is 5.10 Å². The molecule has 1 amide bonds. The number of aryl methyl sites for hydroxylation is 2. The Morgan fingerprint density at radius 3 is 2.71 bits per heavy atom. The first-order chi connectivity index (χ1) is 10.1. The summed E-state index contributed by atoms with van der Waals surface area (Å²) in [4.78, 5) is 11.9. The SMILES string of the molecule is Cc1ccc(CC(=O)N/N=C/c2ccccc2Cl)c(C)c1. The Labute approximate surface area is 129 Å². The highest BCUT2D eigenvalue weighted by molar-refractivity contribution is 6.33. The van der Waals surface area contributed by atoms with E-state index >= 15 is 0 Å². The zero-order chi connectivity index (χ0) is 15.2. The number of amides is 1. The number of carbonyl (C=O) groups excluding carboxylic acids is 1. The number of benzene rings is 2. The summed E-state index contributed by atoms with van der Waals surface area (Å²) < 4.78 is 0. The fourth-order valence-corrected chi connectivity index (χ4v) is 2.19. The van der Waals surface area contributed by atoms with Gasteiger partial charge >= 0.3 is 0 Å². The lowest BCUT2D eigenvalue weighted by atomic mass is 10.0. The number of carbonyl (C=O) groups is 1. The van der Waals surface area contributed by atoms with Gasteiger partial charge in [-0.3, -0.25) is 4.79 Å². The van der Waals surface area contributed by atoms with Crippen molar-refractivity contribution < 1.29 is 4.79 Å². The third-order valence-electron chi connectivity index (χ3n) is 3.15. The number of hydrazone groups is 1. The molecule has 0 bridgehead atoms. The van der Waals surface area contributed by atoms with Crippen molar-refractivity contribution in [3.05, 3.63) is 69.7 Å². The van der Waals surface area contributed by atoms with Crippen LogP contribution in [-0.2, 0) is 11.2 Å². The van der Waals surface area contributed by atoms with Crippen LogP contribution in [0.2, 0.25) is 5.02 Å². The second-order valence-corrected chi connectivity index (χ2v) is 5.33. The first-order valence-electron chi connectivity index (χ1n) is 6.69. The monoisotopic (exact) mass is 300 g/mol. The lowest BCUT2D eigenvalue weighted by molar-refractivity contribution is -0.120. The van der Waals surface area contributed by atoms with E-state index in [1.807, 2.05) is 44.2 Å². The molecule has 0 saturated heterocycles. The van der Waals surface area contributed by atoms with E-state index in [1.165, 1.54) is 5.56 Å². The van der Waals surface area contributed by atoms with E-state index in [1.54, 1.807) is 12.3 Å². The molecule has 21 heavy (non-hydrogen) atoms. The number of halogens is 1. The van der Waals surface area contributed by atoms with Crippen LogP contribution < -0.4 is 5.43 Å². The van der Waals surface area contributed by atoms with Gasteiger partial charge < -0.3 is 0 Å². The standard InChI is InChI=1S/C17H17ClN2O/c1-12-7-8-14(13(2)9-12)10-17(21)20-19-11-15-5-3-4-6-16(15)18/h3-9,11H,10H2,1-2H3,(H,20,21)/b19-11+. The van der Waals surface area contributed by atoms with Crippen LogP contribution in [0.4, 0.5) is 0 Å². The Kier molecular flexibility index (Phi) is 5.12. The van der Waals surface area contributed by atoms with Gasteiger partial charge in [-0.1, -0.05) is 53.6 Å². The molecule has 0 spiro atoms. The smallest absolute Gasteiger partial charge is 0.244 e. The van der Waals surface area contributed by atoms with E-state index in [0.717, 1.165) is 16.7 Å². The third-order valence-corrected chi connectivity index (χ3v) is 3.49. The topological polar surface area (TPSA) is 41.5 Å². The van der Waals surface area contributed by atoms with Crippen LogP contribution in [0.15, 0.2) is 47.6 Å². The summed E-state index contributed by atoms with van der Waals surface area (Å²) in [6, 6.07) is 13.4. The van der Waals surface area contributed by atoms with E-state index in [9.17, 15) is 4.79 Å². The Bertz CT molecular complexity index is 680. The zero-order valence-electron chi connectivity index (χ0n) is 12.1. The fourth-order valence-electron chi connectivity index (χ4n) is 2.01. The van der Waals surface area contributed by atoms with Gasteiger partial charge in [0.25, 0.3) is 0 Å². The highest BCUT2D eigenvalue weighted by atomic mass is 35.5. The average Bonchev–Trinajstić information content (AvgIpc) is 2.44. The summed E-state index contributed by atoms with van der Waals surface area (Å²) in [5.41, 5.74) is 6.60. The van der Waals surface area contributed by atoms with Crippen LogP contribution in [-0.4, -0.2) is 12.1 Å². The molecule has 0 aliphatic rings. The number of rotatable bonds is 4. The van der Waals surface area contributed by atoms with Crippen molar-refractivity contribution in [2.75, 3.05) is 0 Å². The summed E-state index contributed by atoms with van der Waals surface area (Å²) in [6.45, 7) is 4.04. The molecule has 0 saturated carbocycles. The number of nitrogens with zero attached hydrogens (tertiary/aromatic N) is 1. The maximum absolute atomic E-state index is 11.9. The highest BCUT2D eigenvalue weighted by Gasteiger charge is 2.05. The van der Waals surface area contributed by atoms with Gasteiger partial charge in [0.1, 0.15) is 0 Å². The second kappa shape index (κ2) is 7.04. The van der Waals surface area contributed by atoms with E-state index in [4.69, 9.17) is 11.6 Å². The van der Waals surface area contributed by atoms with Crippen LogP contribution in [0, 0.1) is 13.8 Å². The Balaban J connectivity index is 1.95. The normalized spacial score (nSPS) is 10.8. The minimum Gasteiger partial charge on any atom is -0.273 e. The lowest BCUT2D eigenvalue weighted by Crippen LogP contribution is -2.20. The van der Waals surface area contributed by atoms with Crippen LogP contribution in [0.1, 0.15) is 22.3 Å². The van der Waals surface area contributed by atoms with Gasteiger partial charge in [0.05, 0.1) is 12.6 Å². The minimum absolute atomic E-state index is 0.148. The van der Waals surface area contributed by atoms with E-state index in [0.29, 0.717) is 11.4 Å². The molecule has 0 aromatic heterocycles. The number of nitrogens with one attached hydrogen (secondary N) is 1. The molecule has 3 nitrogen and oxygen atoms in total. The molecular formula is C17H17ClN2O. The summed E-state index contributed by atoms with van der Waals surface area (Å²) >= 11 is 6.00. The molecule has 2 rings (SSSR count). The quantitative estimate of drug-likeness (QED) is 0.679. The summed E-state index contributed by atoms with van der Waals surface area (Å²) in [7, 11) is 0. The number of hydrogen-bond donors (Lipinski definition) is 1. The summed E-state index contributed by atoms with van der Waals surface area (Å²) in [5, 5.41) is 4.54. The van der Waals surface area contributed by atoms with Crippen LogP contribution in [0.3, 0.4) is 0 Å². The zero-order valence-corrected chi connectivity index (χ0v) is 12.8. The van der Waals surface area contributed by atoms with Gasteiger partial charge in [-0.2, -0.15) is 5.10 Å². The van der Waals surface area contributed by atoms with Crippen molar-refractivity contribution in [1.29, 1.82) is 0 Å². The molecule has 0 aliphatic carbocycles. The number of hydrogen-bond acceptors (Lipinski definition) is 2. The molecule has 1 N–H and O–H groups in total. The fraction of sp³-hybridized carbons (Fsp3) is 0.176. The maximum Gasteiger partial charge on any atom is 0.244 e. The van der Waals surface area contributed by atoms with Crippen molar-refractivity contribution in [2.45, 2.75) is 20.3 Å². The molecule has 0 unspecified atom stereocenters. The highest BCUT2D eigenvalue weighted by Crippen LogP contribution is 2.12. The maximum atomic E-state index is 11.9. The van der Waals surface area contributed by atoms with Crippen LogP contribution >= 0.6 is 11.6 Å². The molecule has 4 heteroatoms. The van der Waals surface area contributed by atoms with Crippen molar-refractivity contribution in [3.63, 3.8) is 0 Å². The molecule has 2 aromatic carbocycles. The van der Waals surface area contributed by atoms with Gasteiger partial charge in [-0.25, -0.2) is 5.43 Å². The molecule has 108 valence electrons. The van der Waals surface area contributed by atoms with E-state index in [2.05, 4.69) is 16.6 Å². The lowest BCUT2D eigenvalue weighted by Gasteiger charge is -2.05. The first kappa shape index (κ1) is 15.3. The molecule has 0 radical (unpaired) electrons. The molecule has 0 atom stereocenters. The Hall–Kier alpha value is -2.13. The third kappa shape index (κ3) is 4.43. The molecular weight excluding hydrogens is 284 g/mol. The second-order valence-electron chi connectivity index (χ2n) is 4.92. The van der Waals surface area contributed by atoms with Crippen LogP contribution in [0.5, 0.6) is 0 Å². The van der Waals surface area contributed by atoms with E-state index in [-0.39, 0.29) is 5.91 Å². The molecule has 0 heterocycles. The van der Waals surface area contributed by atoms with Crippen molar-refractivity contribution >= 4 is 23.7 Å². The first-order valence-corrected chi connectivity index (χ1v) is 7.06. The van der Waals surface area contributed by atoms with Gasteiger partial charge in [-0.05, 0) is 31.0 Å². The van der Waals surface area contributed by atoms with Crippen molar-refractivity contribution in [3.8, 4) is 0 Å². The molecule has 0 aliphatic heterocycles. The van der Waals surface area contributed by atoms with Gasteiger partial charge in [0, 0.05) is 10.6 Å². The van der Waals surface area contributed by atoms with Crippen LogP contribution in [0.25, 0.3) is 0 Å². The van der Waals surface area contributed by atoms with Crippen molar-refractivity contribution in [1.82, 2.24) is 5.43 Å². The molecule has 2 aromatic rings. The van der Waals surface area contributed by atoms with E-state index < -0.39 is 0 Å². The largest absolute Gasteiger partial charge is 0.273 e. The Morgan fingerprint density at radius 1 is 1.24 bits per heavy atom. The summed E-state index contributed by atoms with van der Waals surface area (Å²) in [5.74, 6) is -0.148.